The maximum absolute atomic E-state index is 12.8. The van der Waals surface area contributed by atoms with Crippen LogP contribution in [0.4, 0.5) is 5.82 Å². The number of thiophene rings is 1. The lowest BCUT2D eigenvalue weighted by atomic mass is 10.00. The number of nitrogens with zero attached hydrogens (tertiary/aromatic N) is 3. The normalized spacial score (nSPS) is 13.2. The number of carbonyl (C=O) groups excluding carboxylic acids is 1. The van der Waals surface area contributed by atoms with Crippen molar-refractivity contribution < 1.29 is 4.79 Å². The Bertz CT molecular complexity index is 1280. The molecule has 0 saturated carbocycles. The number of fused-ring (bicyclic) bond motifs is 2. The summed E-state index contributed by atoms with van der Waals surface area (Å²) in [4.78, 5) is 26.0. The van der Waals surface area contributed by atoms with E-state index in [1.165, 1.54) is 32.7 Å². The molecule has 0 saturated heterocycles. The van der Waals surface area contributed by atoms with Gasteiger partial charge in [-0.15, -0.1) is 11.3 Å². The molecule has 5 nitrogen and oxygen atoms in total. The highest BCUT2D eigenvalue weighted by Gasteiger charge is 2.21. The molecule has 6 heteroatoms. The summed E-state index contributed by atoms with van der Waals surface area (Å²) in [6.45, 7) is 6.26. The Morgan fingerprint density at radius 3 is 2.66 bits per heavy atom. The SMILES string of the molecule is Cc1ccc(-c2c(C)sc3ncnc(NCCC(=O)N4CCc5ccccc5C4)c23)cc1. The van der Waals surface area contributed by atoms with E-state index in [0.717, 1.165) is 29.0 Å². The van der Waals surface area contributed by atoms with Gasteiger partial charge in [0.1, 0.15) is 17.0 Å². The number of benzene rings is 2. The molecule has 0 unspecified atom stereocenters. The fourth-order valence-electron chi connectivity index (χ4n) is 4.40. The topological polar surface area (TPSA) is 58.1 Å². The standard InChI is InChI=1S/C26H26N4OS/c1-17-7-9-20(10-8-17)23-18(2)32-26-24(23)25(28-16-29-26)27-13-11-22(31)30-14-12-19-5-3-4-6-21(19)15-30/h3-10,16H,11-15H2,1-2H3,(H,27,28,29). The summed E-state index contributed by atoms with van der Waals surface area (Å²) in [5.41, 5.74) is 6.19. The van der Waals surface area contributed by atoms with Crippen LogP contribution in [-0.4, -0.2) is 33.9 Å². The van der Waals surface area contributed by atoms with Crippen LogP contribution >= 0.6 is 11.3 Å². The maximum Gasteiger partial charge on any atom is 0.224 e. The Labute approximate surface area is 192 Å². The molecular weight excluding hydrogens is 416 g/mol. The quantitative estimate of drug-likeness (QED) is 0.452. The second kappa shape index (κ2) is 8.71. The minimum atomic E-state index is 0.178. The van der Waals surface area contributed by atoms with Crippen LogP contribution < -0.4 is 5.32 Å². The van der Waals surface area contributed by atoms with E-state index >= 15 is 0 Å². The third kappa shape index (κ3) is 3.98. The van der Waals surface area contributed by atoms with E-state index in [9.17, 15) is 4.79 Å². The molecule has 0 bridgehead atoms. The van der Waals surface area contributed by atoms with Crippen LogP contribution in [0.1, 0.15) is 28.0 Å². The molecule has 2 aromatic heterocycles. The first-order valence-electron chi connectivity index (χ1n) is 11.0. The second-order valence-electron chi connectivity index (χ2n) is 8.31. The number of aromatic nitrogens is 2. The fourth-order valence-corrected chi connectivity index (χ4v) is 5.41. The van der Waals surface area contributed by atoms with Gasteiger partial charge in [0.25, 0.3) is 0 Å². The van der Waals surface area contributed by atoms with Crippen LogP contribution in [-0.2, 0) is 17.8 Å². The lowest BCUT2D eigenvalue weighted by Crippen LogP contribution is -2.36. The molecular formula is C26H26N4OS. The van der Waals surface area contributed by atoms with Gasteiger partial charge >= 0.3 is 0 Å². The van der Waals surface area contributed by atoms with Crippen LogP contribution in [0.2, 0.25) is 0 Å². The molecule has 0 atom stereocenters. The lowest BCUT2D eigenvalue weighted by Gasteiger charge is -2.29. The van der Waals surface area contributed by atoms with Crippen molar-refractivity contribution in [1.82, 2.24) is 14.9 Å². The number of aryl methyl sites for hydroxylation is 2. The third-order valence-corrected chi connectivity index (χ3v) is 7.13. The van der Waals surface area contributed by atoms with Crippen LogP contribution in [0.15, 0.2) is 54.9 Å². The van der Waals surface area contributed by atoms with Crippen molar-refractivity contribution in [1.29, 1.82) is 0 Å². The molecule has 1 aliphatic heterocycles. The van der Waals surface area contributed by atoms with E-state index in [0.29, 0.717) is 19.5 Å². The van der Waals surface area contributed by atoms with Gasteiger partial charge in [0, 0.05) is 36.5 Å². The summed E-state index contributed by atoms with van der Waals surface area (Å²) in [7, 11) is 0. The largest absolute Gasteiger partial charge is 0.369 e. The van der Waals surface area contributed by atoms with Crippen molar-refractivity contribution in [2.45, 2.75) is 33.2 Å². The van der Waals surface area contributed by atoms with Crippen LogP contribution in [0.25, 0.3) is 21.3 Å². The number of nitrogens with one attached hydrogen (secondary N) is 1. The number of amides is 1. The Kier molecular flexibility index (Phi) is 5.62. The lowest BCUT2D eigenvalue weighted by molar-refractivity contribution is -0.131. The zero-order valence-electron chi connectivity index (χ0n) is 18.4. The van der Waals surface area contributed by atoms with Crippen molar-refractivity contribution in [3.63, 3.8) is 0 Å². The minimum Gasteiger partial charge on any atom is -0.369 e. The van der Waals surface area contributed by atoms with E-state index in [1.54, 1.807) is 17.7 Å². The zero-order valence-corrected chi connectivity index (χ0v) is 19.2. The predicted octanol–water partition coefficient (Wildman–Crippen LogP) is 5.36. The maximum atomic E-state index is 12.8. The molecule has 162 valence electrons. The average Bonchev–Trinajstić information content (AvgIpc) is 3.16. The number of hydrogen-bond acceptors (Lipinski definition) is 5. The molecule has 1 aliphatic rings. The molecule has 1 amide bonds. The number of anilines is 1. The predicted molar refractivity (Wildman–Crippen MR) is 131 cm³/mol. The third-order valence-electron chi connectivity index (χ3n) is 6.12. The first-order chi connectivity index (χ1) is 15.6. The first-order valence-corrected chi connectivity index (χ1v) is 11.8. The Morgan fingerprint density at radius 1 is 1.06 bits per heavy atom. The van der Waals surface area contributed by atoms with E-state index in [2.05, 4.69) is 71.6 Å². The summed E-state index contributed by atoms with van der Waals surface area (Å²) in [5, 5.41) is 4.46. The zero-order chi connectivity index (χ0) is 22.1. The van der Waals surface area contributed by atoms with Gasteiger partial charge in [0.2, 0.25) is 5.91 Å². The smallest absolute Gasteiger partial charge is 0.224 e. The van der Waals surface area contributed by atoms with E-state index in [4.69, 9.17) is 0 Å². The van der Waals surface area contributed by atoms with Gasteiger partial charge in [-0.25, -0.2) is 9.97 Å². The van der Waals surface area contributed by atoms with E-state index < -0.39 is 0 Å². The Hall–Kier alpha value is -3.25. The Balaban J connectivity index is 1.32. The van der Waals surface area contributed by atoms with Crippen LogP contribution in [0, 0.1) is 13.8 Å². The highest BCUT2D eigenvalue weighted by Crippen LogP contribution is 2.40. The van der Waals surface area contributed by atoms with Gasteiger partial charge in [0.15, 0.2) is 0 Å². The van der Waals surface area contributed by atoms with Crippen molar-refractivity contribution in [3.05, 3.63) is 76.4 Å². The molecule has 4 aromatic rings. The highest BCUT2D eigenvalue weighted by atomic mass is 32.1. The van der Waals surface area contributed by atoms with Crippen LogP contribution in [0.5, 0.6) is 0 Å². The van der Waals surface area contributed by atoms with Crippen molar-refractivity contribution in [3.8, 4) is 11.1 Å². The first kappa shape index (κ1) is 20.6. The molecule has 1 N–H and O–H groups in total. The molecule has 0 aliphatic carbocycles. The van der Waals surface area contributed by atoms with E-state index in [1.807, 2.05) is 11.0 Å². The van der Waals surface area contributed by atoms with Gasteiger partial charge in [0.05, 0.1) is 5.39 Å². The summed E-state index contributed by atoms with van der Waals surface area (Å²) in [6.07, 6.45) is 2.97. The van der Waals surface area contributed by atoms with Gasteiger partial charge in [-0.2, -0.15) is 0 Å². The minimum absolute atomic E-state index is 0.178. The summed E-state index contributed by atoms with van der Waals surface area (Å²) < 4.78 is 0. The molecule has 0 spiro atoms. The summed E-state index contributed by atoms with van der Waals surface area (Å²) >= 11 is 1.68. The molecule has 0 fully saturated rings. The molecule has 32 heavy (non-hydrogen) atoms. The van der Waals surface area contributed by atoms with Gasteiger partial charge in [-0.3, -0.25) is 4.79 Å². The molecule has 0 radical (unpaired) electrons. The van der Waals surface area contributed by atoms with E-state index in [-0.39, 0.29) is 5.91 Å². The average molecular weight is 443 g/mol. The number of rotatable bonds is 5. The van der Waals surface area contributed by atoms with Crippen molar-refractivity contribution in [2.75, 3.05) is 18.4 Å². The summed E-state index contributed by atoms with van der Waals surface area (Å²) in [5.74, 6) is 0.976. The molecule has 2 aromatic carbocycles. The summed E-state index contributed by atoms with van der Waals surface area (Å²) in [6, 6.07) is 17.0. The van der Waals surface area contributed by atoms with Gasteiger partial charge in [-0.1, -0.05) is 54.1 Å². The number of carbonyl (C=O) groups is 1. The van der Waals surface area contributed by atoms with Gasteiger partial charge < -0.3 is 10.2 Å². The Morgan fingerprint density at radius 2 is 1.84 bits per heavy atom. The second-order valence-corrected chi connectivity index (χ2v) is 9.52. The number of hydrogen-bond donors (Lipinski definition) is 1. The van der Waals surface area contributed by atoms with Gasteiger partial charge in [-0.05, 0) is 37.0 Å². The monoisotopic (exact) mass is 442 g/mol. The molecule has 5 rings (SSSR count). The van der Waals surface area contributed by atoms with Crippen molar-refractivity contribution >= 4 is 33.3 Å². The fraction of sp³-hybridized carbons (Fsp3) is 0.269. The molecule has 3 heterocycles. The van der Waals surface area contributed by atoms with Crippen molar-refractivity contribution in [2.24, 2.45) is 0 Å². The van der Waals surface area contributed by atoms with Crippen LogP contribution in [0.3, 0.4) is 0 Å². The highest BCUT2D eigenvalue weighted by molar-refractivity contribution is 7.19.